The van der Waals surface area contributed by atoms with Crippen LogP contribution < -0.4 is 11.1 Å². The van der Waals surface area contributed by atoms with Crippen LogP contribution in [0, 0.1) is 5.92 Å². The highest BCUT2D eigenvalue weighted by Crippen LogP contribution is 2.22. The minimum Gasteiger partial charge on any atom is -0.350 e. The molecule has 1 aliphatic rings. The van der Waals surface area contributed by atoms with Gasteiger partial charge >= 0.3 is 0 Å². The molecule has 0 saturated heterocycles. The first-order chi connectivity index (χ1) is 7.55. The van der Waals surface area contributed by atoms with Crippen molar-refractivity contribution in [2.24, 2.45) is 11.7 Å². The van der Waals surface area contributed by atoms with E-state index >= 15 is 0 Å². The SMILES string of the molecule is CC(C)(CN)NC(=O)C1CCCCCCC1. The lowest BCUT2D eigenvalue weighted by Crippen LogP contribution is -2.50. The van der Waals surface area contributed by atoms with E-state index in [1.807, 2.05) is 13.8 Å². The first kappa shape index (κ1) is 13.5. The second-order valence-corrected chi connectivity index (χ2v) is 5.62. The highest BCUT2D eigenvalue weighted by atomic mass is 16.2. The Kier molecular flexibility index (Phi) is 5.26. The Bertz CT molecular complexity index is 218. The van der Waals surface area contributed by atoms with Crippen LogP contribution in [-0.4, -0.2) is 18.0 Å². The van der Waals surface area contributed by atoms with Gasteiger partial charge in [0, 0.05) is 18.0 Å². The second-order valence-electron chi connectivity index (χ2n) is 5.62. The van der Waals surface area contributed by atoms with Crippen molar-refractivity contribution in [1.82, 2.24) is 5.32 Å². The van der Waals surface area contributed by atoms with Crippen LogP contribution >= 0.6 is 0 Å². The van der Waals surface area contributed by atoms with Gasteiger partial charge < -0.3 is 11.1 Å². The van der Waals surface area contributed by atoms with Gasteiger partial charge in [0.05, 0.1) is 0 Å². The fraction of sp³-hybridized carbons (Fsp3) is 0.923. The molecule has 1 fully saturated rings. The lowest BCUT2D eigenvalue weighted by atomic mass is 9.90. The third kappa shape index (κ3) is 4.52. The van der Waals surface area contributed by atoms with E-state index in [9.17, 15) is 4.79 Å². The number of nitrogens with two attached hydrogens (primary N) is 1. The maximum Gasteiger partial charge on any atom is 0.223 e. The molecule has 0 unspecified atom stereocenters. The fourth-order valence-corrected chi connectivity index (χ4v) is 2.20. The Morgan fingerprint density at radius 1 is 1.19 bits per heavy atom. The van der Waals surface area contributed by atoms with Crippen molar-refractivity contribution in [1.29, 1.82) is 0 Å². The maximum atomic E-state index is 12.1. The summed E-state index contributed by atoms with van der Waals surface area (Å²) in [5, 5.41) is 3.06. The third-order valence-corrected chi connectivity index (χ3v) is 3.45. The number of hydrogen-bond acceptors (Lipinski definition) is 2. The zero-order valence-corrected chi connectivity index (χ0v) is 10.7. The van der Waals surface area contributed by atoms with Crippen LogP contribution in [0.1, 0.15) is 58.8 Å². The lowest BCUT2D eigenvalue weighted by molar-refractivity contribution is -0.127. The van der Waals surface area contributed by atoms with Gasteiger partial charge in [-0.2, -0.15) is 0 Å². The maximum absolute atomic E-state index is 12.1. The van der Waals surface area contributed by atoms with Gasteiger partial charge in [-0.15, -0.1) is 0 Å². The summed E-state index contributed by atoms with van der Waals surface area (Å²) >= 11 is 0. The van der Waals surface area contributed by atoms with E-state index in [0.717, 1.165) is 12.8 Å². The Hall–Kier alpha value is -0.570. The van der Waals surface area contributed by atoms with Gasteiger partial charge in [0.25, 0.3) is 0 Å². The number of carbonyl (C=O) groups is 1. The highest BCUT2D eigenvalue weighted by molar-refractivity contribution is 5.79. The Morgan fingerprint density at radius 3 is 2.19 bits per heavy atom. The van der Waals surface area contributed by atoms with Crippen molar-refractivity contribution in [3.05, 3.63) is 0 Å². The quantitative estimate of drug-likeness (QED) is 0.775. The Balaban J connectivity index is 2.44. The molecule has 0 radical (unpaired) electrons. The molecule has 16 heavy (non-hydrogen) atoms. The number of hydrogen-bond donors (Lipinski definition) is 2. The molecule has 1 amide bonds. The molecule has 3 N–H and O–H groups in total. The number of carbonyl (C=O) groups excluding carboxylic acids is 1. The van der Waals surface area contributed by atoms with Crippen molar-refractivity contribution in [2.45, 2.75) is 64.3 Å². The molecule has 0 aromatic rings. The van der Waals surface area contributed by atoms with Gasteiger partial charge in [0.2, 0.25) is 5.91 Å². The second kappa shape index (κ2) is 6.24. The third-order valence-electron chi connectivity index (χ3n) is 3.45. The van der Waals surface area contributed by atoms with Crippen LogP contribution in [0.25, 0.3) is 0 Å². The lowest BCUT2D eigenvalue weighted by Gasteiger charge is -2.28. The molecule has 1 aliphatic carbocycles. The first-order valence-electron chi connectivity index (χ1n) is 6.57. The van der Waals surface area contributed by atoms with Gasteiger partial charge in [0.15, 0.2) is 0 Å². The Labute approximate surface area is 99.2 Å². The van der Waals surface area contributed by atoms with E-state index in [2.05, 4.69) is 5.32 Å². The summed E-state index contributed by atoms with van der Waals surface area (Å²) in [6.45, 7) is 4.45. The first-order valence-corrected chi connectivity index (χ1v) is 6.57. The molecule has 3 heteroatoms. The molecule has 0 heterocycles. The average Bonchev–Trinajstić information content (AvgIpc) is 2.16. The van der Waals surface area contributed by atoms with Crippen LogP contribution in [-0.2, 0) is 4.79 Å². The largest absolute Gasteiger partial charge is 0.350 e. The molecule has 0 atom stereocenters. The summed E-state index contributed by atoms with van der Waals surface area (Å²) in [6.07, 6.45) is 8.39. The van der Waals surface area contributed by atoms with E-state index in [0.29, 0.717) is 6.54 Å². The van der Waals surface area contributed by atoms with E-state index in [-0.39, 0.29) is 17.4 Å². The number of amides is 1. The minimum absolute atomic E-state index is 0.206. The van der Waals surface area contributed by atoms with E-state index in [4.69, 9.17) is 5.73 Å². The molecule has 94 valence electrons. The monoisotopic (exact) mass is 226 g/mol. The van der Waals surface area contributed by atoms with Crippen LogP contribution in [0.5, 0.6) is 0 Å². The standard InChI is InChI=1S/C13H26N2O/c1-13(2,10-14)15-12(16)11-8-6-4-3-5-7-9-11/h11H,3-10,14H2,1-2H3,(H,15,16). The molecular weight excluding hydrogens is 200 g/mol. The van der Waals surface area contributed by atoms with Gasteiger partial charge in [-0.05, 0) is 26.7 Å². The molecule has 0 aromatic carbocycles. The minimum atomic E-state index is -0.264. The van der Waals surface area contributed by atoms with E-state index in [1.165, 1.54) is 32.1 Å². The summed E-state index contributed by atoms with van der Waals surface area (Å²) in [5.74, 6) is 0.420. The van der Waals surface area contributed by atoms with Crippen molar-refractivity contribution >= 4 is 5.91 Å². The fourth-order valence-electron chi connectivity index (χ4n) is 2.20. The molecule has 1 rings (SSSR count). The topological polar surface area (TPSA) is 55.1 Å². The van der Waals surface area contributed by atoms with Crippen molar-refractivity contribution < 1.29 is 4.79 Å². The molecule has 0 bridgehead atoms. The van der Waals surface area contributed by atoms with E-state index < -0.39 is 0 Å². The molecule has 0 aromatic heterocycles. The predicted octanol–water partition coefficient (Wildman–Crippen LogP) is 2.20. The van der Waals surface area contributed by atoms with Crippen LogP contribution in [0.15, 0.2) is 0 Å². The van der Waals surface area contributed by atoms with E-state index in [1.54, 1.807) is 0 Å². The van der Waals surface area contributed by atoms with Crippen molar-refractivity contribution in [3.8, 4) is 0 Å². The van der Waals surface area contributed by atoms with Crippen molar-refractivity contribution in [2.75, 3.05) is 6.54 Å². The summed E-state index contributed by atoms with van der Waals surface area (Å²) in [5.41, 5.74) is 5.36. The highest BCUT2D eigenvalue weighted by Gasteiger charge is 2.24. The average molecular weight is 226 g/mol. The molecule has 3 nitrogen and oxygen atoms in total. The summed E-state index contributed by atoms with van der Waals surface area (Å²) in [4.78, 5) is 12.1. The van der Waals surface area contributed by atoms with Crippen LogP contribution in [0.3, 0.4) is 0 Å². The normalized spacial score (nSPS) is 19.9. The molecule has 0 spiro atoms. The van der Waals surface area contributed by atoms with Gasteiger partial charge in [-0.25, -0.2) is 0 Å². The van der Waals surface area contributed by atoms with Crippen LogP contribution in [0.4, 0.5) is 0 Å². The zero-order chi connectivity index (χ0) is 12.0. The number of nitrogens with one attached hydrogen (secondary N) is 1. The number of rotatable bonds is 3. The van der Waals surface area contributed by atoms with Crippen LogP contribution in [0.2, 0.25) is 0 Å². The van der Waals surface area contributed by atoms with Crippen molar-refractivity contribution in [3.63, 3.8) is 0 Å². The van der Waals surface area contributed by atoms with Gasteiger partial charge in [-0.1, -0.05) is 32.1 Å². The van der Waals surface area contributed by atoms with Gasteiger partial charge in [0.1, 0.15) is 0 Å². The smallest absolute Gasteiger partial charge is 0.223 e. The zero-order valence-electron chi connectivity index (χ0n) is 10.7. The summed E-state index contributed by atoms with van der Waals surface area (Å²) < 4.78 is 0. The van der Waals surface area contributed by atoms with Gasteiger partial charge in [-0.3, -0.25) is 4.79 Å². The predicted molar refractivity (Wildman–Crippen MR) is 67.1 cm³/mol. The summed E-state index contributed by atoms with van der Waals surface area (Å²) in [6, 6.07) is 0. The Morgan fingerprint density at radius 2 is 1.69 bits per heavy atom. The molecule has 1 saturated carbocycles. The summed E-state index contributed by atoms with van der Waals surface area (Å²) in [7, 11) is 0. The molecule has 0 aliphatic heterocycles. The molecular formula is C13H26N2O.